The fraction of sp³-hybridized carbons (Fsp3) is 0.500. The Labute approximate surface area is 165 Å². The van der Waals surface area contributed by atoms with Crippen LogP contribution in [0.3, 0.4) is 0 Å². The first-order valence-electron chi connectivity index (χ1n) is 10.2. The summed E-state index contributed by atoms with van der Waals surface area (Å²) in [5.74, 6) is 0.371. The van der Waals surface area contributed by atoms with Gasteiger partial charge in [-0.2, -0.15) is 0 Å². The second-order valence-electron chi connectivity index (χ2n) is 8.05. The summed E-state index contributed by atoms with van der Waals surface area (Å²) in [4.78, 5) is 34.2. The van der Waals surface area contributed by atoms with Crippen LogP contribution in [0.1, 0.15) is 25.7 Å². The van der Waals surface area contributed by atoms with E-state index < -0.39 is 0 Å². The van der Waals surface area contributed by atoms with Crippen LogP contribution in [-0.2, 0) is 9.59 Å². The minimum Gasteiger partial charge on any atom is -0.340 e. The maximum Gasteiger partial charge on any atom is 0.227 e. The van der Waals surface area contributed by atoms with Gasteiger partial charge in [-0.05, 0) is 44.9 Å². The van der Waals surface area contributed by atoms with Gasteiger partial charge in [-0.25, -0.2) is 0 Å². The van der Waals surface area contributed by atoms with Crippen LogP contribution in [-0.4, -0.2) is 59.8 Å². The highest BCUT2D eigenvalue weighted by molar-refractivity contribution is 6.01. The van der Waals surface area contributed by atoms with Crippen LogP contribution in [0.2, 0.25) is 0 Å². The number of amides is 2. The van der Waals surface area contributed by atoms with Gasteiger partial charge in [-0.3, -0.25) is 14.6 Å². The Morgan fingerprint density at radius 2 is 1.64 bits per heavy atom. The smallest absolute Gasteiger partial charge is 0.227 e. The lowest BCUT2D eigenvalue weighted by molar-refractivity contribution is -0.139. The lowest BCUT2D eigenvalue weighted by Gasteiger charge is -2.36. The van der Waals surface area contributed by atoms with Crippen molar-refractivity contribution in [3.8, 4) is 0 Å². The molecule has 6 heteroatoms. The van der Waals surface area contributed by atoms with Crippen LogP contribution < -0.4 is 5.32 Å². The zero-order valence-corrected chi connectivity index (χ0v) is 16.4. The summed E-state index contributed by atoms with van der Waals surface area (Å²) in [5, 5.41) is 4.08. The number of hydrogen-bond donors (Lipinski definition) is 1. The third kappa shape index (κ3) is 4.02. The molecule has 1 N–H and O–H groups in total. The second kappa shape index (κ2) is 8.27. The molecule has 0 radical (unpaired) electrons. The zero-order valence-electron chi connectivity index (χ0n) is 16.4. The Morgan fingerprint density at radius 3 is 2.39 bits per heavy atom. The van der Waals surface area contributed by atoms with Crippen molar-refractivity contribution in [2.24, 2.45) is 11.8 Å². The number of likely N-dealkylation sites (N-methyl/N-ethyl adjacent to an activating group) is 1. The molecule has 1 saturated heterocycles. The molecule has 0 unspecified atom stereocenters. The summed E-state index contributed by atoms with van der Waals surface area (Å²) in [7, 11) is 2.09. The first kappa shape index (κ1) is 18.9. The highest BCUT2D eigenvalue weighted by Gasteiger charge is 2.33. The van der Waals surface area contributed by atoms with Gasteiger partial charge in [0.2, 0.25) is 11.8 Å². The quantitative estimate of drug-likeness (QED) is 0.889. The molecule has 2 aliphatic rings. The number of carbonyl (C=O) groups excluding carboxylic acids is 2. The average molecular weight is 380 g/mol. The number of para-hydroxylation sites is 1. The van der Waals surface area contributed by atoms with Crippen LogP contribution in [0.5, 0.6) is 0 Å². The number of carbonyl (C=O) groups is 2. The number of pyridine rings is 1. The molecular formula is C22H28N4O2. The van der Waals surface area contributed by atoms with Crippen molar-refractivity contribution in [2.45, 2.75) is 25.7 Å². The Bertz CT molecular complexity index is 847. The molecule has 1 saturated carbocycles. The topological polar surface area (TPSA) is 65.5 Å². The number of nitrogens with zero attached hydrogens (tertiary/aromatic N) is 3. The Morgan fingerprint density at radius 1 is 0.964 bits per heavy atom. The predicted molar refractivity (Wildman–Crippen MR) is 110 cm³/mol. The van der Waals surface area contributed by atoms with Crippen molar-refractivity contribution in [3.05, 3.63) is 36.5 Å². The van der Waals surface area contributed by atoms with Crippen LogP contribution in [0, 0.1) is 11.8 Å². The summed E-state index contributed by atoms with van der Waals surface area (Å²) in [5.41, 5.74) is 1.58. The second-order valence-corrected chi connectivity index (χ2v) is 8.05. The average Bonchev–Trinajstić information content (AvgIpc) is 2.74. The standard InChI is InChI=1S/C22H28N4O2/c1-25-12-14-26(15-13-25)22(28)18-9-7-17(8-10-18)21(27)24-19-6-2-4-16-5-3-11-23-20(16)19/h2-6,11,17-18H,7-10,12-15H2,1H3,(H,24,27). The van der Waals surface area contributed by atoms with E-state index in [9.17, 15) is 9.59 Å². The molecule has 28 heavy (non-hydrogen) atoms. The number of rotatable bonds is 3. The molecule has 1 aromatic carbocycles. The largest absolute Gasteiger partial charge is 0.340 e. The molecule has 2 fully saturated rings. The van der Waals surface area contributed by atoms with Crippen molar-refractivity contribution in [1.29, 1.82) is 0 Å². The van der Waals surface area contributed by atoms with E-state index in [0.29, 0.717) is 0 Å². The van der Waals surface area contributed by atoms with E-state index in [-0.39, 0.29) is 23.7 Å². The van der Waals surface area contributed by atoms with Gasteiger partial charge >= 0.3 is 0 Å². The fourth-order valence-electron chi connectivity index (χ4n) is 4.33. The number of aromatic nitrogens is 1. The predicted octanol–water partition coefficient (Wildman–Crippen LogP) is 2.75. The summed E-state index contributed by atoms with van der Waals surface area (Å²) in [6.45, 7) is 3.54. The van der Waals surface area contributed by atoms with Gasteiger partial charge < -0.3 is 15.1 Å². The van der Waals surface area contributed by atoms with Gasteiger partial charge in [0.15, 0.2) is 0 Å². The third-order valence-electron chi connectivity index (χ3n) is 6.15. The molecule has 1 aliphatic carbocycles. The minimum absolute atomic E-state index is 0.0319. The third-order valence-corrected chi connectivity index (χ3v) is 6.15. The van der Waals surface area contributed by atoms with Gasteiger partial charge in [0.1, 0.15) is 0 Å². The summed E-state index contributed by atoms with van der Waals surface area (Å²) >= 11 is 0. The van der Waals surface area contributed by atoms with E-state index in [1.807, 2.05) is 35.2 Å². The van der Waals surface area contributed by atoms with Gasteiger partial charge in [-0.1, -0.05) is 18.2 Å². The molecule has 2 amide bonds. The monoisotopic (exact) mass is 380 g/mol. The summed E-state index contributed by atoms with van der Waals surface area (Å²) < 4.78 is 0. The van der Waals surface area contributed by atoms with Gasteiger partial charge in [0.25, 0.3) is 0 Å². The van der Waals surface area contributed by atoms with E-state index in [1.54, 1.807) is 6.20 Å². The molecule has 0 bridgehead atoms. The normalized spacial score (nSPS) is 23.5. The lowest BCUT2D eigenvalue weighted by Crippen LogP contribution is -2.49. The molecule has 148 valence electrons. The number of nitrogens with one attached hydrogen (secondary N) is 1. The number of piperazine rings is 1. The van der Waals surface area contributed by atoms with Crippen LogP contribution in [0.4, 0.5) is 5.69 Å². The highest BCUT2D eigenvalue weighted by Crippen LogP contribution is 2.32. The lowest BCUT2D eigenvalue weighted by atomic mass is 9.80. The number of hydrogen-bond acceptors (Lipinski definition) is 4. The van der Waals surface area contributed by atoms with E-state index in [0.717, 1.165) is 68.5 Å². The van der Waals surface area contributed by atoms with Gasteiger partial charge in [0, 0.05) is 49.6 Å². The molecule has 1 aliphatic heterocycles. The highest BCUT2D eigenvalue weighted by atomic mass is 16.2. The molecule has 1 aromatic heterocycles. The van der Waals surface area contributed by atoms with Crippen molar-refractivity contribution in [2.75, 3.05) is 38.5 Å². The maximum absolute atomic E-state index is 12.8. The van der Waals surface area contributed by atoms with Crippen molar-refractivity contribution in [3.63, 3.8) is 0 Å². The first-order valence-corrected chi connectivity index (χ1v) is 10.2. The van der Waals surface area contributed by atoms with Crippen molar-refractivity contribution < 1.29 is 9.59 Å². The van der Waals surface area contributed by atoms with Crippen molar-refractivity contribution >= 4 is 28.4 Å². The van der Waals surface area contributed by atoms with Crippen LogP contribution in [0.15, 0.2) is 36.5 Å². The SMILES string of the molecule is CN1CCN(C(=O)C2CCC(C(=O)Nc3cccc4cccnc34)CC2)CC1. The number of anilines is 1. The van der Waals surface area contributed by atoms with Gasteiger partial charge in [-0.15, -0.1) is 0 Å². The van der Waals surface area contributed by atoms with Crippen LogP contribution in [0.25, 0.3) is 10.9 Å². The van der Waals surface area contributed by atoms with E-state index in [1.165, 1.54) is 0 Å². The summed E-state index contributed by atoms with van der Waals surface area (Å²) in [6, 6.07) is 9.72. The first-order chi connectivity index (χ1) is 13.6. The number of benzene rings is 1. The Balaban J connectivity index is 1.33. The van der Waals surface area contributed by atoms with Crippen LogP contribution >= 0.6 is 0 Å². The van der Waals surface area contributed by atoms with Gasteiger partial charge in [0.05, 0.1) is 11.2 Å². The zero-order chi connectivity index (χ0) is 19.5. The van der Waals surface area contributed by atoms with E-state index >= 15 is 0 Å². The Hall–Kier alpha value is -2.47. The molecular weight excluding hydrogens is 352 g/mol. The molecule has 2 aromatic rings. The minimum atomic E-state index is -0.0319. The number of fused-ring (bicyclic) bond motifs is 1. The van der Waals surface area contributed by atoms with Crippen molar-refractivity contribution in [1.82, 2.24) is 14.8 Å². The molecule has 6 nitrogen and oxygen atoms in total. The molecule has 4 rings (SSSR count). The molecule has 2 heterocycles. The Kier molecular flexibility index (Phi) is 5.57. The van der Waals surface area contributed by atoms with E-state index in [2.05, 4.69) is 22.2 Å². The maximum atomic E-state index is 12.8. The summed E-state index contributed by atoms with van der Waals surface area (Å²) in [6.07, 6.45) is 4.89. The molecule has 0 atom stereocenters. The fourth-order valence-corrected chi connectivity index (χ4v) is 4.33. The molecule has 0 spiro atoms. The van der Waals surface area contributed by atoms with E-state index in [4.69, 9.17) is 0 Å².